The summed E-state index contributed by atoms with van der Waals surface area (Å²) in [5.41, 5.74) is 3.38. The monoisotopic (exact) mass is 274 g/mol. The largest absolute Gasteiger partial charge is 0.481 e. The molecule has 2 aromatic heterocycles. The average molecular weight is 274 g/mol. The van der Waals surface area contributed by atoms with Crippen molar-refractivity contribution in [3.63, 3.8) is 0 Å². The molecular formula is C15H22N4O. The van der Waals surface area contributed by atoms with Gasteiger partial charge in [-0.25, -0.2) is 4.98 Å². The Morgan fingerprint density at radius 3 is 2.90 bits per heavy atom. The summed E-state index contributed by atoms with van der Waals surface area (Å²) < 4.78 is 7.28. The van der Waals surface area contributed by atoms with Gasteiger partial charge in [-0.2, -0.15) is 5.10 Å². The smallest absolute Gasteiger partial charge is 0.217 e. The minimum atomic E-state index is 0.693. The van der Waals surface area contributed by atoms with Crippen LogP contribution in [0.15, 0.2) is 24.4 Å². The van der Waals surface area contributed by atoms with Crippen LogP contribution in [0.1, 0.15) is 23.4 Å². The Bertz CT molecular complexity index is 551. The van der Waals surface area contributed by atoms with E-state index >= 15 is 0 Å². The molecule has 5 heteroatoms. The first-order valence-corrected chi connectivity index (χ1v) is 6.90. The molecule has 0 aromatic carbocycles. The van der Waals surface area contributed by atoms with Crippen LogP contribution in [0.25, 0.3) is 0 Å². The van der Waals surface area contributed by atoms with E-state index in [4.69, 9.17) is 4.74 Å². The van der Waals surface area contributed by atoms with Crippen molar-refractivity contribution in [3.05, 3.63) is 41.3 Å². The summed E-state index contributed by atoms with van der Waals surface area (Å²) in [6.45, 7) is 6.77. The second kappa shape index (κ2) is 7.05. The number of nitrogens with zero attached hydrogens (tertiary/aromatic N) is 3. The van der Waals surface area contributed by atoms with E-state index in [1.165, 1.54) is 5.69 Å². The van der Waals surface area contributed by atoms with Gasteiger partial charge < -0.3 is 10.1 Å². The molecule has 108 valence electrons. The van der Waals surface area contributed by atoms with Gasteiger partial charge in [-0.05, 0) is 38.9 Å². The lowest BCUT2D eigenvalue weighted by atomic mass is 10.2. The van der Waals surface area contributed by atoms with E-state index in [9.17, 15) is 0 Å². The third kappa shape index (κ3) is 3.81. The summed E-state index contributed by atoms with van der Waals surface area (Å²) in [5.74, 6) is 0.693. The summed E-state index contributed by atoms with van der Waals surface area (Å²) in [5, 5.41) is 7.86. The molecule has 0 fully saturated rings. The zero-order valence-electron chi connectivity index (χ0n) is 12.4. The highest BCUT2D eigenvalue weighted by Gasteiger charge is 2.03. The summed E-state index contributed by atoms with van der Waals surface area (Å²) >= 11 is 0. The lowest BCUT2D eigenvalue weighted by molar-refractivity contribution is 0.390. The molecule has 0 aliphatic heterocycles. The van der Waals surface area contributed by atoms with Gasteiger partial charge in [0.25, 0.3) is 0 Å². The maximum absolute atomic E-state index is 5.22. The van der Waals surface area contributed by atoms with E-state index in [0.717, 1.165) is 37.3 Å². The van der Waals surface area contributed by atoms with Gasteiger partial charge in [-0.15, -0.1) is 0 Å². The van der Waals surface area contributed by atoms with Gasteiger partial charge >= 0.3 is 0 Å². The van der Waals surface area contributed by atoms with Crippen LogP contribution in [0.4, 0.5) is 0 Å². The number of ether oxygens (including phenoxy) is 1. The summed E-state index contributed by atoms with van der Waals surface area (Å²) in [7, 11) is 1.65. The molecular weight excluding hydrogens is 252 g/mol. The number of nitrogens with one attached hydrogen (secondary N) is 1. The standard InChI is InChI=1S/C15H22N4O/c1-12-10-13(2)19(18-12)9-5-7-16-11-14-6-4-8-17-15(14)20-3/h4,6,8,10,16H,5,7,9,11H2,1-3H3. The van der Waals surface area contributed by atoms with Crippen molar-refractivity contribution in [2.45, 2.75) is 33.4 Å². The number of hydrogen-bond acceptors (Lipinski definition) is 4. The van der Waals surface area contributed by atoms with Crippen LogP contribution in [0.2, 0.25) is 0 Å². The number of aromatic nitrogens is 3. The summed E-state index contributed by atoms with van der Waals surface area (Å²) in [6.07, 6.45) is 2.79. The fourth-order valence-electron chi connectivity index (χ4n) is 2.22. The van der Waals surface area contributed by atoms with E-state index in [2.05, 4.69) is 33.1 Å². The van der Waals surface area contributed by atoms with Crippen LogP contribution >= 0.6 is 0 Å². The molecule has 2 rings (SSSR count). The maximum Gasteiger partial charge on any atom is 0.217 e. The van der Waals surface area contributed by atoms with E-state index < -0.39 is 0 Å². The fraction of sp³-hybridized carbons (Fsp3) is 0.467. The SMILES string of the molecule is COc1ncccc1CNCCCn1nc(C)cc1C. The van der Waals surface area contributed by atoms with Crippen LogP contribution in [-0.4, -0.2) is 28.4 Å². The van der Waals surface area contributed by atoms with Crippen LogP contribution in [0, 0.1) is 13.8 Å². The predicted molar refractivity (Wildman–Crippen MR) is 78.8 cm³/mol. The molecule has 0 saturated heterocycles. The highest BCUT2D eigenvalue weighted by atomic mass is 16.5. The molecule has 0 saturated carbocycles. The lowest BCUT2D eigenvalue weighted by Crippen LogP contribution is -2.17. The molecule has 5 nitrogen and oxygen atoms in total. The van der Waals surface area contributed by atoms with Crippen molar-refractivity contribution in [2.24, 2.45) is 0 Å². The van der Waals surface area contributed by atoms with Gasteiger partial charge in [0.05, 0.1) is 12.8 Å². The average Bonchev–Trinajstić information content (AvgIpc) is 2.77. The second-order valence-corrected chi connectivity index (χ2v) is 4.85. The third-order valence-electron chi connectivity index (χ3n) is 3.19. The minimum absolute atomic E-state index is 0.693. The fourth-order valence-corrected chi connectivity index (χ4v) is 2.22. The first-order valence-electron chi connectivity index (χ1n) is 6.90. The number of rotatable bonds is 7. The second-order valence-electron chi connectivity index (χ2n) is 4.85. The van der Waals surface area contributed by atoms with Gasteiger partial charge in [0.2, 0.25) is 5.88 Å². The van der Waals surface area contributed by atoms with Crippen molar-refractivity contribution < 1.29 is 4.74 Å². The van der Waals surface area contributed by atoms with Crippen LogP contribution in [-0.2, 0) is 13.1 Å². The number of methoxy groups -OCH3 is 1. The first-order chi connectivity index (χ1) is 9.70. The molecule has 0 unspecified atom stereocenters. The van der Waals surface area contributed by atoms with Gasteiger partial charge in [-0.1, -0.05) is 6.07 Å². The zero-order chi connectivity index (χ0) is 14.4. The topological polar surface area (TPSA) is 52.0 Å². The third-order valence-corrected chi connectivity index (χ3v) is 3.19. The van der Waals surface area contributed by atoms with Gasteiger partial charge in [0.15, 0.2) is 0 Å². The van der Waals surface area contributed by atoms with Gasteiger partial charge in [-0.3, -0.25) is 4.68 Å². The first kappa shape index (κ1) is 14.5. The maximum atomic E-state index is 5.22. The molecule has 0 bridgehead atoms. The lowest BCUT2D eigenvalue weighted by Gasteiger charge is -2.09. The van der Waals surface area contributed by atoms with Crippen molar-refractivity contribution in [2.75, 3.05) is 13.7 Å². The Morgan fingerprint density at radius 1 is 1.35 bits per heavy atom. The van der Waals surface area contributed by atoms with E-state index in [1.807, 2.05) is 19.1 Å². The molecule has 20 heavy (non-hydrogen) atoms. The number of aryl methyl sites for hydroxylation is 3. The Kier molecular flexibility index (Phi) is 5.12. The minimum Gasteiger partial charge on any atom is -0.481 e. The molecule has 0 radical (unpaired) electrons. The highest BCUT2D eigenvalue weighted by Crippen LogP contribution is 2.12. The molecule has 0 aliphatic carbocycles. The Balaban J connectivity index is 1.73. The molecule has 0 spiro atoms. The molecule has 0 aliphatic rings. The molecule has 0 atom stereocenters. The van der Waals surface area contributed by atoms with E-state index in [1.54, 1.807) is 13.3 Å². The van der Waals surface area contributed by atoms with Gasteiger partial charge in [0.1, 0.15) is 0 Å². The summed E-state index contributed by atoms with van der Waals surface area (Å²) in [4.78, 5) is 4.18. The number of hydrogen-bond donors (Lipinski definition) is 1. The Labute approximate surface area is 120 Å². The van der Waals surface area contributed by atoms with Crippen LogP contribution < -0.4 is 10.1 Å². The number of pyridine rings is 1. The van der Waals surface area contributed by atoms with Crippen LogP contribution in [0.5, 0.6) is 5.88 Å². The zero-order valence-corrected chi connectivity index (χ0v) is 12.4. The summed E-state index contributed by atoms with van der Waals surface area (Å²) in [6, 6.07) is 6.06. The van der Waals surface area contributed by atoms with Crippen molar-refractivity contribution in [3.8, 4) is 5.88 Å². The highest BCUT2D eigenvalue weighted by molar-refractivity contribution is 5.24. The molecule has 2 heterocycles. The molecule has 0 amide bonds. The van der Waals surface area contributed by atoms with E-state index in [0.29, 0.717) is 5.88 Å². The van der Waals surface area contributed by atoms with Crippen molar-refractivity contribution in [1.29, 1.82) is 0 Å². The normalized spacial score (nSPS) is 10.8. The Morgan fingerprint density at radius 2 is 2.20 bits per heavy atom. The molecule has 1 N–H and O–H groups in total. The van der Waals surface area contributed by atoms with Gasteiger partial charge in [0, 0.05) is 30.5 Å². The van der Waals surface area contributed by atoms with Crippen LogP contribution in [0.3, 0.4) is 0 Å². The van der Waals surface area contributed by atoms with Crippen molar-refractivity contribution >= 4 is 0 Å². The van der Waals surface area contributed by atoms with E-state index in [-0.39, 0.29) is 0 Å². The molecule has 2 aromatic rings. The Hall–Kier alpha value is -1.88. The predicted octanol–water partition coefficient (Wildman–Crippen LogP) is 2.08. The van der Waals surface area contributed by atoms with Crippen molar-refractivity contribution in [1.82, 2.24) is 20.1 Å². The quantitative estimate of drug-likeness (QED) is 0.785.